The summed E-state index contributed by atoms with van der Waals surface area (Å²) in [6.45, 7) is 1.75. The second-order valence-corrected chi connectivity index (χ2v) is 8.60. The first-order chi connectivity index (χ1) is 9.85. The molecule has 1 saturated carbocycles. The van der Waals surface area contributed by atoms with E-state index in [4.69, 9.17) is 17.3 Å². The maximum absolute atomic E-state index is 12.6. The lowest BCUT2D eigenvalue weighted by atomic mass is 9.96. The number of halogens is 1. The molecule has 118 valence electrons. The first kappa shape index (κ1) is 16.9. The van der Waals surface area contributed by atoms with Gasteiger partial charge < -0.3 is 5.73 Å². The van der Waals surface area contributed by atoms with Crippen molar-refractivity contribution in [2.75, 3.05) is 12.0 Å². The predicted octanol–water partition coefficient (Wildman–Crippen LogP) is 3.18. The molecule has 1 fully saturated rings. The van der Waals surface area contributed by atoms with E-state index in [0.29, 0.717) is 21.5 Å². The Labute approximate surface area is 135 Å². The van der Waals surface area contributed by atoms with Crippen LogP contribution in [0.25, 0.3) is 0 Å². The molecular weight excluding hydrogens is 328 g/mol. The summed E-state index contributed by atoms with van der Waals surface area (Å²) < 4.78 is 28.0. The van der Waals surface area contributed by atoms with E-state index in [0.717, 1.165) is 25.7 Å². The summed E-state index contributed by atoms with van der Waals surface area (Å²) in [6.07, 6.45) is 6.19. The van der Waals surface area contributed by atoms with Crippen LogP contribution in [0, 0.1) is 6.92 Å². The number of nitrogens with two attached hydrogens (primary N) is 1. The van der Waals surface area contributed by atoms with Crippen LogP contribution >= 0.6 is 23.4 Å². The number of hydrogen-bond donors (Lipinski definition) is 2. The summed E-state index contributed by atoms with van der Waals surface area (Å²) >= 11 is 7.72. The average Bonchev–Trinajstić information content (AvgIpc) is 2.44. The molecule has 0 bridgehead atoms. The Hall–Kier alpha value is -0.430. The van der Waals surface area contributed by atoms with Gasteiger partial charge in [0.15, 0.2) is 0 Å². The Balaban J connectivity index is 2.26. The number of nitrogen functional groups attached to an aromatic ring is 1. The molecule has 7 heteroatoms. The van der Waals surface area contributed by atoms with Crippen molar-refractivity contribution in [2.45, 2.75) is 48.8 Å². The second-order valence-electron chi connectivity index (χ2n) is 5.43. The second kappa shape index (κ2) is 6.77. The van der Waals surface area contributed by atoms with E-state index < -0.39 is 10.0 Å². The zero-order valence-electron chi connectivity index (χ0n) is 12.2. The summed E-state index contributed by atoms with van der Waals surface area (Å²) in [7, 11) is -3.57. The minimum absolute atomic E-state index is 0.0176. The molecular formula is C14H21ClN2O2S2. The maximum atomic E-state index is 12.6. The first-order valence-electron chi connectivity index (χ1n) is 6.96. The van der Waals surface area contributed by atoms with Gasteiger partial charge in [-0.25, -0.2) is 13.1 Å². The molecule has 0 saturated heterocycles. The van der Waals surface area contributed by atoms with E-state index >= 15 is 0 Å². The van der Waals surface area contributed by atoms with Crippen LogP contribution in [0.15, 0.2) is 17.0 Å². The lowest BCUT2D eigenvalue weighted by Gasteiger charge is -2.30. The number of rotatable bonds is 4. The number of aryl methyl sites for hydroxylation is 1. The van der Waals surface area contributed by atoms with Gasteiger partial charge in [0, 0.05) is 11.3 Å². The third-order valence-corrected chi connectivity index (χ3v) is 7.03. The van der Waals surface area contributed by atoms with Crippen molar-refractivity contribution < 1.29 is 8.42 Å². The number of thioether (sulfide) groups is 1. The molecule has 0 aromatic heterocycles. The van der Waals surface area contributed by atoms with Gasteiger partial charge in [-0.2, -0.15) is 11.8 Å². The van der Waals surface area contributed by atoms with E-state index in [-0.39, 0.29) is 10.9 Å². The van der Waals surface area contributed by atoms with Gasteiger partial charge in [-0.1, -0.05) is 24.4 Å². The molecule has 0 amide bonds. The summed E-state index contributed by atoms with van der Waals surface area (Å²) in [5.74, 6) is 0. The highest BCUT2D eigenvalue weighted by Crippen LogP contribution is 2.30. The van der Waals surface area contributed by atoms with Crippen molar-refractivity contribution in [1.29, 1.82) is 0 Å². The van der Waals surface area contributed by atoms with Gasteiger partial charge in [-0.3, -0.25) is 0 Å². The number of nitrogens with one attached hydrogen (secondary N) is 1. The molecule has 1 aliphatic rings. The Morgan fingerprint density at radius 1 is 1.33 bits per heavy atom. The molecule has 1 aromatic carbocycles. The molecule has 3 N–H and O–H groups in total. The smallest absolute Gasteiger partial charge is 0.240 e. The largest absolute Gasteiger partial charge is 0.397 e. The van der Waals surface area contributed by atoms with Crippen molar-refractivity contribution in [3.63, 3.8) is 0 Å². The molecule has 1 aliphatic carbocycles. The van der Waals surface area contributed by atoms with Gasteiger partial charge in [0.05, 0.1) is 15.6 Å². The van der Waals surface area contributed by atoms with E-state index in [1.54, 1.807) is 24.8 Å². The Bertz CT molecular complexity index is 596. The minimum Gasteiger partial charge on any atom is -0.397 e. The van der Waals surface area contributed by atoms with Crippen LogP contribution in [0.5, 0.6) is 0 Å². The standard InChI is InChI=1S/C14H21ClN2O2S2/c1-9-7-10(8-11(16)14(9)15)21(18,19)17-12-5-3-4-6-13(12)20-2/h7-8,12-13,17H,3-6,16H2,1-2H3. The Morgan fingerprint density at radius 3 is 2.62 bits per heavy atom. The number of hydrogen-bond acceptors (Lipinski definition) is 4. The van der Waals surface area contributed by atoms with Crippen LogP contribution in [0.1, 0.15) is 31.2 Å². The molecule has 4 nitrogen and oxygen atoms in total. The normalized spacial score (nSPS) is 23.2. The van der Waals surface area contributed by atoms with Crippen LogP contribution < -0.4 is 10.5 Å². The summed E-state index contributed by atoms with van der Waals surface area (Å²) in [5.41, 5.74) is 6.74. The highest BCUT2D eigenvalue weighted by Gasteiger charge is 2.29. The van der Waals surface area contributed by atoms with E-state index in [1.165, 1.54) is 6.07 Å². The zero-order valence-corrected chi connectivity index (χ0v) is 14.6. The monoisotopic (exact) mass is 348 g/mol. The molecule has 1 aromatic rings. The van der Waals surface area contributed by atoms with Gasteiger partial charge >= 0.3 is 0 Å². The van der Waals surface area contributed by atoms with Crippen molar-refractivity contribution in [3.8, 4) is 0 Å². The summed E-state index contributed by atoms with van der Waals surface area (Å²) in [4.78, 5) is 0.187. The number of benzene rings is 1. The quantitative estimate of drug-likeness (QED) is 0.820. The summed E-state index contributed by atoms with van der Waals surface area (Å²) in [6, 6.07) is 2.97. The average molecular weight is 349 g/mol. The van der Waals surface area contributed by atoms with Crippen molar-refractivity contribution >= 4 is 39.1 Å². The van der Waals surface area contributed by atoms with Crippen molar-refractivity contribution in [1.82, 2.24) is 4.72 Å². The SMILES string of the molecule is CSC1CCCCC1NS(=O)(=O)c1cc(C)c(Cl)c(N)c1. The van der Waals surface area contributed by atoms with E-state index in [1.807, 2.05) is 6.26 Å². The molecule has 2 atom stereocenters. The highest BCUT2D eigenvalue weighted by atomic mass is 35.5. The van der Waals surface area contributed by atoms with E-state index in [9.17, 15) is 8.42 Å². The molecule has 0 heterocycles. The third-order valence-electron chi connectivity index (χ3n) is 3.88. The number of sulfonamides is 1. The van der Waals surface area contributed by atoms with Crippen LogP contribution in [0.4, 0.5) is 5.69 Å². The van der Waals surface area contributed by atoms with Gasteiger partial charge in [0.25, 0.3) is 0 Å². The van der Waals surface area contributed by atoms with Crippen LogP contribution in [0.3, 0.4) is 0 Å². The maximum Gasteiger partial charge on any atom is 0.240 e. The topological polar surface area (TPSA) is 72.2 Å². The fourth-order valence-electron chi connectivity index (χ4n) is 2.70. The van der Waals surface area contributed by atoms with Crippen molar-refractivity contribution in [3.05, 3.63) is 22.7 Å². The van der Waals surface area contributed by atoms with Gasteiger partial charge in [-0.05, 0) is 43.7 Å². The molecule has 21 heavy (non-hydrogen) atoms. The summed E-state index contributed by atoms with van der Waals surface area (Å²) in [5, 5.41) is 0.743. The zero-order chi connectivity index (χ0) is 15.6. The van der Waals surface area contributed by atoms with E-state index in [2.05, 4.69) is 4.72 Å². The van der Waals surface area contributed by atoms with Gasteiger partial charge in [-0.15, -0.1) is 0 Å². The van der Waals surface area contributed by atoms with Crippen LogP contribution in [-0.4, -0.2) is 26.0 Å². The van der Waals surface area contributed by atoms with Crippen molar-refractivity contribution in [2.24, 2.45) is 0 Å². The lowest BCUT2D eigenvalue weighted by molar-refractivity contribution is 0.423. The van der Waals surface area contributed by atoms with Gasteiger partial charge in [0.2, 0.25) is 10.0 Å². The Kier molecular flexibility index (Phi) is 5.46. The van der Waals surface area contributed by atoms with Gasteiger partial charge in [0.1, 0.15) is 0 Å². The molecule has 2 unspecified atom stereocenters. The predicted molar refractivity (Wildman–Crippen MR) is 90.5 cm³/mol. The van der Waals surface area contributed by atoms with Crippen LogP contribution in [0.2, 0.25) is 5.02 Å². The molecule has 2 rings (SSSR count). The fourth-order valence-corrected chi connectivity index (χ4v) is 5.26. The number of anilines is 1. The molecule has 0 aliphatic heterocycles. The fraction of sp³-hybridized carbons (Fsp3) is 0.571. The highest BCUT2D eigenvalue weighted by molar-refractivity contribution is 7.99. The third kappa shape index (κ3) is 3.86. The lowest BCUT2D eigenvalue weighted by Crippen LogP contribution is -2.43. The molecule has 0 spiro atoms. The minimum atomic E-state index is -3.57. The van der Waals surface area contributed by atoms with Crippen LogP contribution in [-0.2, 0) is 10.0 Å². The Morgan fingerprint density at radius 2 is 2.00 bits per heavy atom. The first-order valence-corrected chi connectivity index (χ1v) is 10.1. The molecule has 0 radical (unpaired) electrons.